The number of hydrogen-bond acceptors (Lipinski definition) is 6. The first kappa shape index (κ1) is 6.41. The molecule has 56 valence electrons. The third-order valence-corrected chi connectivity index (χ3v) is 1.61. The summed E-state index contributed by atoms with van der Waals surface area (Å²) in [5, 5.41) is 9.15. The van der Waals surface area contributed by atoms with Crippen LogP contribution in [0.5, 0.6) is 0 Å². The zero-order chi connectivity index (χ0) is 7.68. The number of aryl methyl sites for hydroxylation is 1. The summed E-state index contributed by atoms with van der Waals surface area (Å²) < 4.78 is 8.52. The fourth-order valence-corrected chi connectivity index (χ4v) is 1.09. The topological polar surface area (TPSA) is 64.7 Å². The average Bonchev–Trinajstić information content (AvgIpc) is 2.55. The minimum absolute atomic E-state index is 0.427. The van der Waals surface area contributed by atoms with Crippen LogP contribution >= 0.6 is 11.5 Å². The van der Waals surface area contributed by atoms with Crippen LogP contribution in [0.3, 0.4) is 0 Å². The molecule has 2 aromatic heterocycles. The monoisotopic (exact) mass is 168 g/mol. The van der Waals surface area contributed by atoms with E-state index in [9.17, 15) is 0 Å². The van der Waals surface area contributed by atoms with Gasteiger partial charge in [-0.1, -0.05) is 9.64 Å². The van der Waals surface area contributed by atoms with E-state index in [1.165, 1.54) is 11.5 Å². The predicted molar refractivity (Wildman–Crippen MR) is 37.9 cm³/mol. The summed E-state index contributed by atoms with van der Waals surface area (Å²) in [4.78, 5) is 3.98. The van der Waals surface area contributed by atoms with E-state index in [1.807, 2.05) is 0 Å². The Morgan fingerprint density at radius 1 is 1.55 bits per heavy atom. The van der Waals surface area contributed by atoms with E-state index in [0.29, 0.717) is 17.4 Å². The van der Waals surface area contributed by atoms with Crippen molar-refractivity contribution in [3.63, 3.8) is 0 Å². The molecule has 0 atom stereocenters. The van der Waals surface area contributed by atoms with Crippen LogP contribution in [0, 0.1) is 6.92 Å². The maximum absolute atomic E-state index is 4.85. The number of nitrogens with zero attached hydrogens (tertiary/aromatic N) is 4. The second-order valence-electron chi connectivity index (χ2n) is 1.94. The lowest BCUT2D eigenvalue weighted by Crippen LogP contribution is -1.77. The van der Waals surface area contributed by atoms with E-state index >= 15 is 0 Å². The second kappa shape index (κ2) is 2.39. The molecule has 0 N–H and O–H groups in total. The Bertz CT molecular complexity index is 341. The van der Waals surface area contributed by atoms with Gasteiger partial charge in [0.15, 0.2) is 11.5 Å². The molecule has 0 unspecified atom stereocenters. The SMILES string of the molecule is Cc1noc(-c2csnn2)n1. The Morgan fingerprint density at radius 2 is 2.45 bits per heavy atom. The molecule has 2 rings (SSSR count). The first-order valence-corrected chi connectivity index (χ1v) is 3.77. The van der Waals surface area contributed by atoms with Gasteiger partial charge in [0.1, 0.15) is 0 Å². The van der Waals surface area contributed by atoms with Crippen molar-refractivity contribution < 1.29 is 4.52 Å². The molecule has 0 bridgehead atoms. The van der Waals surface area contributed by atoms with Gasteiger partial charge in [-0.2, -0.15) is 4.98 Å². The zero-order valence-electron chi connectivity index (χ0n) is 5.68. The molecule has 0 aliphatic heterocycles. The van der Waals surface area contributed by atoms with Crippen molar-refractivity contribution in [1.82, 2.24) is 19.7 Å². The van der Waals surface area contributed by atoms with E-state index in [2.05, 4.69) is 19.7 Å². The molecule has 6 heteroatoms. The molecule has 0 fully saturated rings. The molecular formula is C5H4N4OS. The Hall–Kier alpha value is -1.30. The lowest BCUT2D eigenvalue weighted by atomic mass is 10.5. The maximum atomic E-state index is 4.85. The predicted octanol–water partition coefficient (Wildman–Crippen LogP) is 0.897. The first-order chi connectivity index (χ1) is 5.36. The molecule has 0 aliphatic carbocycles. The van der Waals surface area contributed by atoms with Gasteiger partial charge in [0.25, 0.3) is 5.89 Å². The highest BCUT2D eigenvalue weighted by molar-refractivity contribution is 7.03. The van der Waals surface area contributed by atoms with Gasteiger partial charge in [-0.25, -0.2) is 0 Å². The van der Waals surface area contributed by atoms with Crippen LogP contribution < -0.4 is 0 Å². The number of aromatic nitrogens is 4. The van der Waals surface area contributed by atoms with Crippen LogP contribution in [0.1, 0.15) is 5.82 Å². The van der Waals surface area contributed by atoms with Gasteiger partial charge in [-0.05, 0) is 18.5 Å². The fourth-order valence-electron chi connectivity index (χ4n) is 0.659. The van der Waals surface area contributed by atoms with Gasteiger partial charge >= 0.3 is 0 Å². The molecule has 0 saturated heterocycles. The van der Waals surface area contributed by atoms with Gasteiger partial charge in [-0.15, -0.1) is 5.10 Å². The summed E-state index contributed by atoms with van der Waals surface area (Å²) in [6.45, 7) is 1.76. The van der Waals surface area contributed by atoms with E-state index in [0.717, 1.165) is 0 Å². The lowest BCUT2D eigenvalue weighted by Gasteiger charge is -1.78. The van der Waals surface area contributed by atoms with Gasteiger partial charge < -0.3 is 4.52 Å². The van der Waals surface area contributed by atoms with Crippen LogP contribution in [0.2, 0.25) is 0 Å². The van der Waals surface area contributed by atoms with Crippen molar-refractivity contribution in [2.45, 2.75) is 6.92 Å². The van der Waals surface area contributed by atoms with E-state index < -0.39 is 0 Å². The molecule has 11 heavy (non-hydrogen) atoms. The Labute approximate surface area is 66.2 Å². The normalized spacial score (nSPS) is 10.3. The van der Waals surface area contributed by atoms with Gasteiger partial charge in [0.05, 0.1) is 0 Å². The van der Waals surface area contributed by atoms with Crippen LogP contribution in [-0.2, 0) is 0 Å². The van der Waals surface area contributed by atoms with Gasteiger partial charge in [0.2, 0.25) is 0 Å². The zero-order valence-corrected chi connectivity index (χ0v) is 6.50. The molecule has 0 amide bonds. The van der Waals surface area contributed by atoms with Crippen molar-refractivity contribution >= 4 is 11.5 Å². The van der Waals surface area contributed by atoms with E-state index in [4.69, 9.17) is 4.52 Å². The summed E-state index contributed by atoms with van der Waals surface area (Å²) in [7, 11) is 0. The molecule has 5 nitrogen and oxygen atoms in total. The quantitative estimate of drug-likeness (QED) is 0.632. The van der Waals surface area contributed by atoms with Crippen molar-refractivity contribution in [2.75, 3.05) is 0 Å². The smallest absolute Gasteiger partial charge is 0.279 e. The maximum Gasteiger partial charge on any atom is 0.279 e. The number of hydrogen-bond donors (Lipinski definition) is 0. The summed E-state index contributed by atoms with van der Waals surface area (Å²) in [6, 6.07) is 0. The van der Waals surface area contributed by atoms with Crippen LogP contribution in [0.15, 0.2) is 9.90 Å². The largest absolute Gasteiger partial charge is 0.332 e. The third kappa shape index (κ3) is 1.12. The Kier molecular flexibility index (Phi) is 1.39. The minimum Gasteiger partial charge on any atom is -0.332 e. The fraction of sp³-hybridized carbons (Fsp3) is 0.200. The molecule has 0 radical (unpaired) electrons. The van der Waals surface area contributed by atoms with Crippen molar-refractivity contribution in [1.29, 1.82) is 0 Å². The van der Waals surface area contributed by atoms with E-state index in [1.54, 1.807) is 12.3 Å². The highest BCUT2D eigenvalue weighted by Gasteiger charge is 2.07. The van der Waals surface area contributed by atoms with Crippen molar-refractivity contribution in [3.8, 4) is 11.6 Å². The van der Waals surface area contributed by atoms with Crippen molar-refractivity contribution in [3.05, 3.63) is 11.2 Å². The standard InChI is InChI=1S/C5H4N4OS/c1-3-6-5(10-8-3)4-2-11-9-7-4/h2H,1H3. The highest BCUT2D eigenvalue weighted by atomic mass is 32.1. The summed E-state index contributed by atoms with van der Waals surface area (Å²) in [6.07, 6.45) is 0. The second-order valence-corrected chi connectivity index (χ2v) is 2.55. The van der Waals surface area contributed by atoms with Crippen LogP contribution in [-0.4, -0.2) is 19.7 Å². The molecule has 0 aromatic carbocycles. The molecular weight excluding hydrogens is 164 g/mol. The Morgan fingerprint density at radius 3 is 3.00 bits per heavy atom. The van der Waals surface area contributed by atoms with Crippen LogP contribution in [0.4, 0.5) is 0 Å². The van der Waals surface area contributed by atoms with Gasteiger partial charge in [0, 0.05) is 5.38 Å². The lowest BCUT2D eigenvalue weighted by molar-refractivity contribution is 0.424. The van der Waals surface area contributed by atoms with Crippen molar-refractivity contribution in [2.24, 2.45) is 0 Å². The molecule has 2 heterocycles. The summed E-state index contributed by atoms with van der Waals surface area (Å²) in [5.74, 6) is 1.03. The molecule has 0 spiro atoms. The molecule has 0 saturated carbocycles. The summed E-state index contributed by atoms with van der Waals surface area (Å²) >= 11 is 1.25. The van der Waals surface area contributed by atoms with Crippen LogP contribution in [0.25, 0.3) is 11.6 Å². The van der Waals surface area contributed by atoms with Gasteiger partial charge in [-0.3, -0.25) is 0 Å². The third-order valence-electron chi connectivity index (χ3n) is 1.11. The Balaban J connectivity index is 2.45. The first-order valence-electron chi connectivity index (χ1n) is 2.94. The molecule has 2 aromatic rings. The average molecular weight is 168 g/mol. The van der Waals surface area contributed by atoms with E-state index in [-0.39, 0.29) is 0 Å². The number of rotatable bonds is 1. The molecule has 0 aliphatic rings. The highest BCUT2D eigenvalue weighted by Crippen LogP contribution is 2.13. The minimum atomic E-state index is 0.427. The summed E-state index contributed by atoms with van der Waals surface area (Å²) in [5.41, 5.74) is 0.635.